The van der Waals surface area contributed by atoms with Crippen molar-refractivity contribution in [2.75, 3.05) is 80.6 Å². The first-order chi connectivity index (χ1) is 27.0. The zero-order chi connectivity index (χ0) is 38.7. The van der Waals surface area contributed by atoms with E-state index in [4.69, 9.17) is 0 Å². The molecular formula is C42H51N9O5. The molecule has 0 spiro atoms. The zero-order valence-corrected chi connectivity index (χ0v) is 32.2. The van der Waals surface area contributed by atoms with Crippen LogP contribution in [0.3, 0.4) is 0 Å². The van der Waals surface area contributed by atoms with E-state index in [-0.39, 0.29) is 29.9 Å². The summed E-state index contributed by atoms with van der Waals surface area (Å²) in [5.41, 5.74) is 4.06. The van der Waals surface area contributed by atoms with Crippen LogP contribution in [-0.4, -0.2) is 131 Å². The molecule has 0 saturated carbocycles. The number of nitrogens with zero attached hydrogens (tertiary/aromatic N) is 7. The number of anilines is 3. The average molecular weight is 762 g/mol. The monoisotopic (exact) mass is 761 g/mol. The number of piperidine rings is 3. The molecule has 0 aliphatic carbocycles. The third kappa shape index (κ3) is 6.76. The van der Waals surface area contributed by atoms with Crippen molar-refractivity contribution in [1.82, 2.24) is 30.2 Å². The van der Waals surface area contributed by atoms with Crippen LogP contribution in [0.2, 0.25) is 0 Å². The van der Waals surface area contributed by atoms with E-state index in [9.17, 15) is 24.3 Å². The van der Waals surface area contributed by atoms with Crippen molar-refractivity contribution < 1.29 is 24.3 Å². The number of likely N-dealkylation sites (tertiary alicyclic amines) is 1. The highest BCUT2D eigenvalue weighted by molar-refractivity contribution is 6.23. The van der Waals surface area contributed by atoms with E-state index in [1.807, 2.05) is 30.3 Å². The molecular weight excluding hydrogens is 711 g/mol. The average Bonchev–Trinajstić information content (AvgIpc) is 3.44. The van der Waals surface area contributed by atoms with Crippen LogP contribution >= 0.6 is 0 Å². The molecule has 6 aliphatic heterocycles. The third-order valence-electron chi connectivity index (χ3n) is 13.3. The highest BCUT2D eigenvalue weighted by Gasteiger charge is 2.45. The van der Waals surface area contributed by atoms with E-state index in [0.717, 1.165) is 94.0 Å². The van der Waals surface area contributed by atoms with Crippen molar-refractivity contribution in [2.24, 2.45) is 17.3 Å². The molecule has 294 valence electrons. The van der Waals surface area contributed by atoms with Crippen molar-refractivity contribution in [1.29, 1.82) is 0 Å². The van der Waals surface area contributed by atoms with E-state index in [1.54, 1.807) is 12.1 Å². The van der Waals surface area contributed by atoms with Crippen molar-refractivity contribution in [3.8, 4) is 17.0 Å². The fraction of sp³-hybridized carbons (Fsp3) is 0.524. The second-order valence-electron chi connectivity index (χ2n) is 17.3. The van der Waals surface area contributed by atoms with Crippen molar-refractivity contribution in [2.45, 2.75) is 58.0 Å². The van der Waals surface area contributed by atoms with Gasteiger partial charge in [-0.25, -0.2) is 0 Å². The number of rotatable bonds is 7. The molecule has 3 unspecified atom stereocenters. The Kier molecular flexibility index (Phi) is 9.43. The fourth-order valence-electron chi connectivity index (χ4n) is 9.99. The Morgan fingerprint density at radius 3 is 2.41 bits per heavy atom. The maximum absolute atomic E-state index is 13.5. The Morgan fingerprint density at radius 2 is 1.62 bits per heavy atom. The lowest BCUT2D eigenvalue weighted by molar-refractivity contribution is -0.136. The third-order valence-corrected chi connectivity index (χ3v) is 13.3. The molecule has 6 aliphatic rings. The summed E-state index contributed by atoms with van der Waals surface area (Å²) in [6.07, 6.45) is 3.72. The maximum atomic E-state index is 13.5. The topological polar surface area (TPSA) is 155 Å². The van der Waals surface area contributed by atoms with E-state index in [2.05, 4.69) is 60.3 Å². The molecule has 7 heterocycles. The maximum Gasteiger partial charge on any atom is 0.262 e. The summed E-state index contributed by atoms with van der Waals surface area (Å²) in [7, 11) is 0. The van der Waals surface area contributed by atoms with Gasteiger partial charge < -0.3 is 25.1 Å². The summed E-state index contributed by atoms with van der Waals surface area (Å²) < 4.78 is 0. The first kappa shape index (κ1) is 36.6. The van der Waals surface area contributed by atoms with Gasteiger partial charge in [-0.3, -0.25) is 34.3 Å². The molecule has 14 heteroatoms. The van der Waals surface area contributed by atoms with Crippen LogP contribution in [0.4, 0.5) is 17.2 Å². The van der Waals surface area contributed by atoms with E-state index in [0.29, 0.717) is 40.3 Å². The number of piperazine rings is 1. The summed E-state index contributed by atoms with van der Waals surface area (Å²) in [6, 6.07) is 14.2. The number of amides is 4. The van der Waals surface area contributed by atoms with Crippen LogP contribution in [0.5, 0.6) is 5.75 Å². The standard InChI is InChI=1S/C42H51N9O5/c1-42(2)25-49(28-7-8-30-32(19-28)41(56)51(40(30)55)34-9-10-37(53)44-39(34)54)16-13-27(42)23-47-14-11-26(12-15-47)22-48-17-18-50-29(24-48)21-43-38-35(50)20-33(45-46-38)31-5-3-4-6-36(31)52/h3-8,19-20,26-27,29,34,52H,9-18,21-25H2,1-2H3,(H,43,46)(H,44,53,54). The molecule has 14 nitrogen and oxygen atoms in total. The van der Waals surface area contributed by atoms with Gasteiger partial charge in [-0.1, -0.05) is 26.0 Å². The summed E-state index contributed by atoms with van der Waals surface area (Å²) in [5, 5.41) is 25.1. The van der Waals surface area contributed by atoms with Crippen LogP contribution in [-0.2, 0) is 9.59 Å². The second kappa shape index (κ2) is 14.5. The largest absolute Gasteiger partial charge is 0.507 e. The number of imide groups is 2. The van der Waals surface area contributed by atoms with Crippen molar-refractivity contribution in [3.05, 3.63) is 59.7 Å². The Morgan fingerprint density at radius 1 is 0.821 bits per heavy atom. The number of phenols is 1. The lowest BCUT2D eigenvalue weighted by Gasteiger charge is -2.48. The number of para-hydroxylation sites is 1. The van der Waals surface area contributed by atoms with Crippen LogP contribution in [0, 0.1) is 17.3 Å². The number of fused-ring (bicyclic) bond motifs is 4. The van der Waals surface area contributed by atoms with Gasteiger partial charge in [0.1, 0.15) is 11.8 Å². The smallest absolute Gasteiger partial charge is 0.262 e. The minimum atomic E-state index is -0.962. The zero-order valence-electron chi connectivity index (χ0n) is 32.2. The first-order valence-electron chi connectivity index (χ1n) is 20.2. The Bertz CT molecular complexity index is 2070. The van der Waals surface area contributed by atoms with Crippen molar-refractivity contribution in [3.63, 3.8) is 0 Å². The molecule has 0 radical (unpaired) electrons. The number of hydrogen-bond donors (Lipinski definition) is 3. The molecule has 4 saturated heterocycles. The van der Waals surface area contributed by atoms with Crippen molar-refractivity contribution >= 4 is 40.8 Å². The SMILES string of the molecule is CC1(C)CN(c2ccc3c(c2)C(=O)N(C2CCC(=O)NC2=O)C3=O)CCC1CN1CCC(CN2CCN3c4cc(-c5ccccc5O)nnc4NCC3C2)CC1. The number of carbonyl (C=O) groups excluding carboxylic acids is 4. The fourth-order valence-corrected chi connectivity index (χ4v) is 9.99. The molecule has 3 aromatic rings. The summed E-state index contributed by atoms with van der Waals surface area (Å²) >= 11 is 0. The van der Waals surface area contributed by atoms with Gasteiger partial charge in [0.2, 0.25) is 11.8 Å². The molecule has 9 rings (SSSR count). The van der Waals surface area contributed by atoms with Gasteiger partial charge in [0.15, 0.2) is 5.82 Å². The Labute approximate surface area is 327 Å². The summed E-state index contributed by atoms with van der Waals surface area (Å²) in [4.78, 5) is 62.0. The first-order valence-corrected chi connectivity index (χ1v) is 20.2. The van der Waals surface area contributed by atoms with E-state index in [1.165, 1.54) is 12.8 Å². The molecule has 56 heavy (non-hydrogen) atoms. The second-order valence-corrected chi connectivity index (χ2v) is 17.3. The minimum Gasteiger partial charge on any atom is -0.507 e. The summed E-state index contributed by atoms with van der Waals surface area (Å²) in [6.45, 7) is 14.7. The van der Waals surface area contributed by atoms with Crippen LogP contribution in [0.25, 0.3) is 11.3 Å². The quantitative estimate of drug-likeness (QED) is 0.303. The van der Waals surface area contributed by atoms with Crippen LogP contribution in [0.15, 0.2) is 48.5 Å². The lowest BCUT2D eigenvalue weighted by Crippen LogP contribution is -2.58. The molecule has 4 fully saturated rings. The number of aromatic hydroxyl groups is 1. The number of aromatic nitrogens is 2. The lowest BCUT2D eigenvalue weighted by atomic mass is 9.73. The molecule has 2 aromatic carbocycles. The summed E-state index contributed by atoms with van der Waals surface area (Å²) in [5.74, 6) is 0.347. The number of nitrogens with one attached hydrogen (secondary N) is 2. The highest BCUT2D eigenvalue weighted by Crippen LogP contribution is 2.40. The predicted molar refractivity (Wildman–Crippen MR) is 212 cm³/mol. The molecule has 3 N–H and O–H groups in total. The van der Waals surface area contributed by atoms with Gasteiger partial charge in [-0.05, 0) is 92.4 Å². The predicted octanol–water partition coefficient (Wildman–Crippen LogP) is 3.43. The number of phenolic OH excluding ortho intramolecular Hbond substituents is 1. The van der Waals surface area contributed by atoms with Gasteiger partial charge in [0.25, 0.3) is 11.8 Å². The number of hydrogen-bond acceptors (Lipinski definition) is 12. The number of benzene rings is 2. The molecule has 3 atom stereocenters. The molecule has 4 amide bonds. The van der Waals surface area contributed by atoms with Gasteiger partial charge in [-0.2, -0.15) is 0 Å². The van der Waals surface area contributed by atoms with Gasteiger partial charge in [0.05, 0.1) is 28.6 Å². The van der Waals surface area contributed by atoms with Crippen LogP contribution in [0.1, 0.15) is 66.7 Å². The van der Waals surface area contributed by atoms with E-state index >= 15 is 0 Å². The highest BCUT2D eigenvalue weighted by atomic mass is 16.3. The molecule has 0 bridgehead atoms. The van der Waals surface area contributed by atoms with Gasteiger partial charge in [0, 0.05) is 70.0 Å². The minimum absolute atomic E-state index is 0.0485. The van der Waals surface area contributed by atoms with Gasteiger partial charge in [-0.15, -0.1) is 10.2 Å². The van der Waals surface area contributed by atoms with Gasteiger partial charge >= 0.3 is 0 Å². The number of carbonyl (C=O) groups is 4. The van der Waals surface area contributed by atoms with E-state index < -0.39 is 23.8 Å². The molecule has 1 aromatic heterocycles. The Hall–Kier alpha value is -5.08. The Balaban J connectivity index is 0.759. The normalized spacial score (nSPS) is 25.8. The van der Waals surface area contributed by atoms with Crippen LogP contribution < -0.4 is 20.4 Å².